The fourth-order valence-electron chi connectivity index (χ4n) is 1.24. The maximum absolute atomic E-state index is 5.83. The molecule has 5 heteroatoms. The van der Waals surface area contributed by atoms with Gasteiger partial charge in [0.25, 0.3) is 0 Å². The largest absolute Gasteiger partial charge is 0.383 e. The van der Waals surface area contributed by atoms with Crippen molar-refractivity contribution in [3.05, 3.63) is 22.6 Å². The molecule has 0 aliphatic heterocycles. The van der Waals surface area contributed by atoms with Crippen molar-refractivity contribution in [3.63, 3.8) is 0 Å². The highest BCUT2D eigenvalue weighted by Gasteiger charge is 2.10. The van der Waals surface area contributed by atoms with Gasteiger partial charge in [0, 0.05) is 11.1 Å². The van der Waals surface area contributed by atoms with Gasteiger partial charge in [0.05, 0.1) is 11.3 Å². The summed E-state index contributed by atoms with van der Waals surface area (Å²) in [5.41, 5.74) is 7.69. The Morgan fingerprint density at radius 3 is 2.47 bits per heavy atom. The number of nitrogens with zero attached hydrogens (tertiary/aromatic N) is 3. The Morgan fingerprint density at radius 1 is 1.20 bits per heavy atom. The Balaban J connectivity index is 2.54. The molecule has 0 saturated heterocycles. The Bertz CT molecular complexity index is 485. The summed E-state index contributed by atoms with van der Waals surface area (Å²) in [5.74, 6) is 1.18. The lowest BCUT2D eigenvalue weighted by atomic mass is 10.3. The van der Waals surface area contributed by atoms with Crippen molar-refractivity contribution in [1.82, 2.24) is 15.0 Å². The minimum atomic E-state index is 0.497. The molecule has 0 aromatic carbocycles. The fourth-order valence-corrected chi connectivity index (χ4v) is 2.17. The second kappa shape index (κ2) is 3.58. The minimum Gasteiger partial charge on any atom is -0.383 e. The predicted octanol–water partition coefficient (Wildman–Crippen LogP) is 2.11. The van der Waals surface area contributed by atoms with Gasteiger partial charge in [0.2, 0.25) is 0 Å². The van der Waals surface area contributed by atoms with Crippen LogP contribution in [-0.2, 0) is 0 Å². The molecule has 78 valence electrons. The summed E-state index contributed by atoms with van der Waals surface area (Å²) in [6, 6.07) is 0. The number of hydrogen-bond acceptors (Lipinski definition) is 5. The molecular weight excluding hydrogens is 208 g/mol. The summed E-state index contributed by atoms with van der Waals surface area (Å²) in [5, 5.41) is 0.891. The Labute approximate surface area is 92.2 Å². The van der Waals surface area contributed by atoms with Crippen LogP contribution in [0.5, 0.6) is 0 Å². The van der Waals surface area contributed by atoms with Gasteiger partial charge in [-0.15, -0.1) is 11.3 Å². The van der Waals surface area contributed by atoms with Gasteiger partial charge in [0.15, 0.2) is 0 Å². The Morgan fingerprint density at radius 2 is 1.93 bits per heavy atom. The van der Waals surface area contributed by atoms with Gasteiger partial charge in [-0.3, -0.25) is 0 Å². The quantitative estimate of drug-likeness (QED) is 0.799. The van der Waals surface area contributed by atoms with Crippen LogP contribution < -0.4 is 5.73 Å². The summed E-state index contributed by atoms with van der Waals surface area (Å²) in [4.78, 5) is 13.9. The van der Waals surface area contributed by atoms with Crippen LogP contribution in [0, 0.1) is 20.8 Å². The first-order valence-electron chi connectivity index (χ1n) is 4.61. The van der Waals surface area contributed by atoms with E-state index in [4.69, 9.17) is 5.73 Å². The molecule has 0 spiro atoms. The van der Waals surface area contributed by atoms with E-state index < -0.39 is 0 Å². The normalized spacial score (nSPS) is 10.6. The molecule has 2 aromatic heterocycles. The Hall–Kier alpha value is -1.49. The number of thiazole rings is 1. The van der Waals surface area contributed by atoms with Crippen molar-refractivity contribution >= 4 is 17.2 Å². The van der Waals surface area contributed by atoms with Crippen LogP contribution in [0.1, 0.15) is 16.4 Å². The number of nitrogen functional groups attached to an aromatic ring is 1. The molecule has 0 saturated carbocycles. The van der Waals surface area contributed by atoms with Crippen molar-refractivity contribution in [3.8, 4) is 10.6 Å². The molecule has 15 heavy (non-hydrogen) atoms. The average Bonchev–Trinajstić information content (AvgIpc) is 2.46. The van der Waals surface area contributed by atoms with E-state index in [1.807, 2.05) is 20.8 Å². The summed E-state index contributed by atoms with van der Waals surface area (Å²) in [6.45, 7) is 5.85. The van der Waals surface area contributed by atoms with Crippen LogP contribution in [0.25, 0.3) is 10.6 Å². The highest BCUT2D eigenvalue weighted by atomic mass is 32.1. The minimum absolute atomic E-state index is 0.497. The van der Waals surface area contributed by atoms with E-state index in [0.29, 0.717) is 11.6 Å². The van der Waals surface area contributed by atoms with Gasteiger partial charge < -0.3 is 5.73 Å². The van der Waals surface area contributed by atoms with Gasteiger partial charge in [-0.2, -0.15) is 0 Å². The molecule has 2 heterocycles. The second-order valence-electron chi connectivity index (χ2n) is 3.38. The molecule has 0 radical (unpaired) electrons. The van der Waals surface area contributed by atoms with Crippen LogP contribution in [-0.4, -0.2) is 15.0 Å². The van der Waals surface area contributed by atoms with E-state index in [2.05, 4.69) is 15.0 Å². The number of rotatable bonds is 1. The van der Waals surface area contributed by atoms with Gasteiger partial charge in [-0.25, -0.2) is 15.0 Å². The van der Waals surface area contributed by atoms with Crippen molar-refractivity contribution in [1.29, 1.82) is 0 Å². The van der Waals surface area contributed by atoms with Crippen molar-refractivity contribution in [2.75, 3.05) is 5.73 Å². The zero-order valence-electron chi connectivity index (χ0n) is 8.90. The molecule has 2 aromatic rings. The lowest BCUT2D eigenvalue weighted by Crippen LogP contribution is -1.97. The topological polar surface area (TPSA) is 64.7 Å². The summed E-state index contributed by atoms with van der Waals surface area (Å²) in [7, 11) is 0. The average molecular weight is 220 g/mol. The third kappa shape index (κ3) is 1.83. The van der Waals surface area contributed by atoms with E-state index >= 15 is 0 Å². The summed E-state index contributed by atoms with van der Waals surface area (Å²) in [6.07, 6.45) is 1.73. The maximum atomic E-state index is 5.83. The zero-order valence-corrected chi connectivity index (χ0v) is 9.72. The fraction of sp³-hybridized carbons (Fsp3) is 0.300. The molecule has 0 fully saturated rings. The Kier molecular flexibility index (Phi) is 2.40. The van der Waals surface area contributed by atoms with Crippen LogP contribution in [0.4, 0.5) is 5.82 Å². The molecule has 0 aliphatic carbocycles. The first-order valence-corrected chi connectivity index (χ1v) is 5.43. The van der Waals surface area contributed by atoms with Gasteiger partial charge in [0.1, 0.15) is 16.6 Å². The number of aryl methyl sites for hydroxylation is 3. The number of nitrogens with two attached hydrogens (primary N) is 1. The highest BCUT2D eigenvalue weighted by molar-refractivity contribution is 7.15. The SMILES string of the molecule is Cc1ncc(-c2nc(C)c(C)s2)c(N)n1. The number of anilines is 1. The smallest absolute Gasteiger partial charge is 0.137 e. The van der Waals surface area contributed by atoms with Gasteiger partial charge in [-0.05, 0) is 20.8 Å². The molecular formula is C10H12N4S. The van der Waals surface area contributed by atoms with E-state index in [-0.39, 0.29) is 0 Å². The highest BCUT2D eigenvalue weighted by Crippen LogP contribution is 2.29. The van der Waals surface area contributed by atoms with Gasteiger partial charge >= 0.3 is 0 Å². The lowest BCUT2D eigenvalue weighted by molar-refractivity contribution is 1.06. The first-order chi connectivity index (χ1) is 7.08. The number of hydrogen-bond donors (Lipinski definition) is 1. The van der Waals surface area contributed by atoms with E-state index in [1.54, 1.807) is 17.5 Å². The monoisotopic (exact) mass is 220 g/mol. The van der Waals surface area contributed by atoms with Crippen LogP contribution >= 0.6 is 11.3 Å². The van der Waals surface area contributed by atoms with Crippen molar-refractivity contribution < 1.29 is 0 Å². The number of aromatic nitrogens is 3. The van der Waals surface area contributed by atoms with Crippen LogP contribution in [0.2, 0.25) is 0 Å². The third-order valence-electron chi connectivity index (χ3n) is 2.20. The van der Waals surface area contributed by atoms with E-state index in [1.165, 1.54) is 4.88 Å². The van der Waals surface area contributed by atoms with E-state index in [9.17, 15) is 0 Å². The van der Waals surface area contributed by atoms with Gasteiger partial charge in [-0.1, -0.05) is 0 Å². The molecule has 4 nitrogen and oxygen atoms in total. The first kappa shape index (κ1) is 10.0. The molecule has 0 unspecified atom stereocenters. The summed E-state index contributed by atoms with van der Waals surface area (Å²) >= 11 is 1.62. The lowest BCUT2D eigenvalue weighted by Gasteiger charge is -2.00. The predicted molar refractivity (Wildman–Crippen MR) is 61.8 cm³/mol. The van der Waals surface area contributed by atoms with Crippen LogP contribution in [0.15, 0.2) is 6.20 Å². The third-order valence-corrected chi connectivity index (χ3v) is 3.30. The zero-order chi connectivity index (χ0) is 11.0. The molecule has 2 N–H and O–H groups in total. The molecule has 0 atom stereocenters. The second-order valence-corrected chi connectivity index (χ2v) is 4.58. The van der Waals surface area contributed by atoms with E-state index in [0.717, 1.165) is 16.3 Å². The molecule has 2 rings (SSSR count). The molecule has 0 bridgehead atoms. The summed E-state index contributed by atoms with van der Waals surface area (Å²) < 4.78 is 0. The van der Waals surface area contributed by atoms with Crippen LogP contribution in [0.3, 0.4) is 0 Å². The molecule has 0 amide bonds. The molecule has 0 aliphatic rings. The maximum Gasteiger partial charge on any atom is 0.137 e. The standard InChI is InChI=1S/C10H12N4S/c1-5-6(2)15-10(13-5)8-4-12-7(3)14-9(8)11/h4H,1-3H3,(H2,11,12,14). The van der Waals surface area contributed by atoms with Crippen molar-refractivity contribution in [2.45, 2.75) is 20.8 Å². The van der Waals surface area contributed by atoms with Crippen molar-refractivity contribution in [2.24, 2.45) is 0 Å².